The molecule has 0 spiro atoms. The molecule has 0 aliphatic carbocycles. The number of anilines is 1. The Kier molecular flexibility index (Phi) is 4.60. The highest BCUT2D eigenvalue weighted by Crippen LogP contribution is 2.30. The highest BCUT2D eigenvalue weighted by molar-refractivity contribution is 5.81. The first-order chi connectivity index (χ1) is 9.53. The maximum Gasteiger partial charge on any atom is 0.224 e. The Labute approximate surface area is 120 Å². The van der Waals surface area contributed by atoms with Crippen molar-refractivity contribution < 1.29 is 4.79 Å². The lowest BCUT2D eigenvalue weighted by molar-refractivity contribution is -0.126. The summed E-state index contributed by atoms with van der Waals surface area (Å²) in [5, 5.41) is 3.36. The average Bonchev–Trinajstić information content (AvgIpc) is 2.80. The topological polar surface area (TPSA) is 71.2 Å². The number of amides is 1. The van der Waals surface area contributed by atoms with Crippen molar-refractivity contribution in [2.75, 3.05) is 25.0 Å². The van der Waals surface area contributed by atoms with E-state index in [2.05, 4.69) is 28.2 Å². The molecular formula is C15H24N4O. The zero-order valence-electron chi connectivity index (χ0n) is 12.4. The summed E-state index contributed by atoms with van der Waals surface area (Å²) in [5.74, 6) is -0.202. The number of hydrogen-bond acceptors (Lipinski definition) is 4. The lowest BCUT2D eigenvalue weighted by Gasteiger charge is -2.20. The van der Waals surface area contributed by atoms with Crippen molar-refractivity contribution >= 4 is 11.6 Å². The Morgan fingerprint density at radius 1 is 1.60 bits per heavy atom. The normalized spacial score (nSPS) is 22.9. The maximum absolute atomic E-state index is 11.5. The zero-order chi connectivity index (χ0) is 14.6. The second-order valence-electron chi connectivity index (χ2n) is 5.85. The van der Waals surface area contributed by atoms with E-state index >= 15 is 0 Å². The molecule has 1 atom stereocenters. The summed E-state index contributed by atoms with van der Waals surface area (Å²) in [6.07, 6.45) is 3.76. The van der Waals surface area contributed by atoms with E-state index in [4.69, 9.17) is 5.73 Å². The van der Waals surface area contributed by atoms with Crippen molar-refractivity contribution in [1.82, 2.24) is 9.88 Å². The molecule has 0 radical (unpaired) electrons. The number of carbonyl (C=O) groups excluding carboxylic acids is 1. The lowest BCUT2D eigenvalue weighted by Crippen LogP contribution is -2.37. The summed E-state index contributed by atoms with van der Waals surface area (Å²) < 4.78 is 0. The average molecular weight is 276 g/mol. The monoisotopic (exact) mass is 276 g/mol. The van der Waals surface area contributed by atoms with Crippen LogP contribution in [0.15, 0.2) is 18.3 Å². The fourth-order valence-electron chi connectivity index (χ4n) is 2.57. The van der Waals surface area contributed by atoms with Gasteiger partial charge < -0.3 is 11.1 Å². The summed E-state index contributed by atoms with van der Waals surface area (Å²) in [6.45, 7) is 7.44. The summed E-state index contributed by atoms with van der Waals surface area (Å²) in [6, 6.07) is 4.06. The molecule has 1 fully saturated rings. The predicted octanol–water partition coefficient (Wildman–Crippen LogP) is 1.60. The summed E-state index contributed by atoms with van der Waals surface area (Å²) in [5.41, 5.74) is 7.22. The van der Waals surface area contributed by atoms with Crippen molar-refractivity contribution in [1.29, 1.82) is 0 Å². The first-order valence-electron chi connectivity index (χ1n) is 7.24. The Morgan fingerprint density at radius 2 is 2.40 bits per heavy atom. The van der Waals surface area contributed by atoms with Crippen LogP contribution in [0.3, 0.4) is 0 Å². The van der Waals surface area contributed by atoms with Crippen LogP contribution in [0.5, 0.6) is 0 Å². The third-order valence-electron chi connectivity index (χ3n) is 3.93. The highest BCUT2D eigenvalue weighted by atomic mass is 16.1. The smallest absolute Gasteiger partial charge is 0.224 e. The highest BCUT2D eigenvalue weighted by Gasteiger charge is 2.38. The first-order valence-corrected chi connectivity index (χ1v) is 7.24. The number of pyridine rings is 1. The van der Waals surface area contributed by atoms with Crippen LogP contribution in [-0.2, 0) is 11.3 Å². The molecule has 1 unspecified atom stereocenters. The van der Waals surface area contributed by atoms with E-state index in [0.29, 0.717) is 0 Å². The second-order valence-corrected chi connectivity index (χ2v) is 5.85. The first kappa shape index (κ1) is 14.8. The molecule has 1 amide bonds. The van der Waals surface area contributed by atoms with Gasteiger partial charge in [-0.1, -0.05) is 6.92 Å². The molecule has 0 saturated carbocycles. The van der Waals surface area contributed by atoms with Gasteiger partial charge >= 0.3 is 0 Å². The minimum absolute atomic E-state index is 0.202. The Bertz CT molecular complexity index is 477. The molecule has 0 bridgehead atoms. The molecule has 2 heterocycles. The van der Waals surface area contributed by atoms with Gasteiger partial charge in [0.05, 0.1) is 11.1 Å². The standard InChI is InChI=1S/C15H24N4O/c1-3-6-17-12-4-7-18-13(9-12)10-19-8-5-15(2,11-19)14(16)20/h4,7,9H,3,5-6,8,10-11H2,1-2H3,(H2,16,20)(H,17,18). The molecule has 3 N–H and O–H groups in total. The van der Waals surface area contributed by atoms with Gasteiger partial charge in [0.2, 0.25) is 5.91 Å². The van der Waals surface area contributed by atoms with E-state index in [-0.39, 0.29) is 5.91 Å². The fourth-order valence-corrected chi connectivity index (χ4v) is 2.57. The van der Waals surface area contributed by atoms with E-state index in [1.165, 1.54) is 0 Å². The Morgan fingerprint density at radius 3 is 3.05 bits per heavy atom. The maximum atomic E-state index is 11.5. The second kappa shape index (κ2) is 6.22. The van der Waals surface area contributed by atoms with Gasteiger partial charge in [-0.15, -0.1) is 0 Å². The Balaban J connectivity index is 1.96. The van der Waals surface area contributed by atoms with Crippen LogP contribution in [0.25, 0.3) is 0 Å². The summed E-state index contributed by atoms with van der Waals surface area (Å²) in [7, 11) is 0. The van der Waals surface area contributed by atoms with E-state index in [0.717, 1.165) is 50.4 Å². The van der Waals surface area contributed by atoms with Crippen molar-refractivity contribution in [3.63, 3.8) is 0 Å². The number of likely N-dealkylation sites (tertiary alicyclic amines) is 1. The molecule has 2 rings (SSSR count). The number of hydrogen-bond donors (Lipinski definition) is 2. The van der Waals surface area contributed by atoms with Crippen LogP contribution in [-0.4, -0.2) is 35.4 Å². The molecule has 1 aliphatic heterocycles. The van der Waals surface area contributed by atoms with Gasteiger partial charge in [-0.05, 0) is 38.4 Å². The Hall–Kier alpha value is -1.62. The minimum atomic E-state index is -0.391. The number of aromatic nitrogens is 1. The van der Waals surface area contributed by atoms with E-state index < -0.39 is 5.41 Å². The molecule has 5 heteroatoms. The van der Waals surface area contributed by atoms with E-state index in [9.17, 15) is 4.79 Å². The quantitative estimate of drug-likeness (QED) is 0.828. The third-order valence-corrected chi connectivity index (χ3v) is 3.93. The number of rotatable bonds is 6. The van der Waals surface area contributed by atoms with Crippen LogP contribution < -0.4 is 11.1 Å². The molecule has 0 aromatic carbocycles. The van der Waals surface area contributed by atoms with Gasteiger partial charge in [0.15, 0.2) is 0 Å². The van der Waals surface area contributed by atoms with Crippen molar-refractivity contribution in [3.05, 3.63) is 24.0 Å². The summed E-state index contributed by atoms with van der Waals surface area (Å²) in [4.78, 5) is 18.1. The van der Waals surface area contributed by atoms with Crippen molar-refractivity contribution in [2.45, 2.75) is 33.2 Å². The van der Waals surface area contributed by atoms with E-state index in [1.54, 1.807) is 0 Å². The van der Waals surface area contributed by atoms with Gasteiger partial charge in [0, 0.05) is 31.5 Å². The third kappa shape index (κ3) is 3.48. The van der Waals surface area contributed by atoms with Gasteiger partial charge in [-0.3, -0.25) is 14.7 Å². The SMILES string of the molecule is CCCNc1ccnc(CN2CCC(C)(C(N)=O)C2)c1. The van der Waals surface area contributed by atoms with E-state index in [1.807, 2.05) is 19.2 Å². The molecular weight excluding hydrogens is 252 g/mol. The van der Waals surface area contributed by atoms with Crippen LogP contribution in [0, 0.1) is 5.41 Å². The number of carbonyl (C=O) groups is 1. The number of nitrogens with zero attached hydrogens (tertiary/aromatic N) is 2. The van der Waals surface area contributed by atoms with Crippen LogP contribution in [0.2, 0.25) is 0 Å². The molecule has 110 valence electrons. The van der Waals surface area contributed by atoms with Gasteiger partial charge in [-0.25, -0.2) is 0 Å². The molecule has 5 nitrogen and oxygen atoms in total. The largest absolute Gasteiger partial charge is 0.385 e. The number of primary amides is 1. The summed E-state index contributed by atoms with van der Waals surface area (Å²) >= 11 is 0. The fraction of sp³-hybridized carbons (Fsp3) is 0.600. The minimum Gasteiger partial charge on any atom is -0.385 e. The molecule has 1 saturated heterocycles. The van der Waals surface area contributed by atoms with Crippen LogP contribution >= 0.6 is 0 Å². The molecule has 1 aromatic rings. The van der Waals surface area contributed by atoms with Crippen LogP contribution in [0.1, 0.15) is 32.4 Å². The van der Waals surface area contributed by atoms with Gasteiger partial charge in [0.1, 0.15) is 0 Å². The lowest BCUT2D eigenvalue weighted by atomic mass is 9.89. The molecule has 20 heavy (non-hydrogen) atoms. The van der Waals surface area contributed by atoms with Gasteiger partial charge in [-0.2, -0.15) is 0 Å². The van der Waals surface area contributed by atoms with Crippen molar-refractivity contribution in [2.24, 2.45) is 11.1 Å². The van der Waals surface area contributed by atoms with Crippen molar-refractivity contribution in [3.8, 4) is 0 Å². The van der Waals surface area contributed by atoms with Gasteiger partial charge in [0.25, 0.3) is 0 Å². The number of nitrogens with one attached hydrogen (secondary N) is 1. The molecule has 1 aromatic heterocycles. The zero-order valence-corrected chi connectivity index (χ0v) is 12.4. The predicted molar refractivity (Wildman–Crippen MR) is 80.2 cm³/mol. The van der Waals surface area contributed by atoms with Crippen LogP contribution in [0.4, 0.5) is 5.69 Å². The number of nitrogens with two attached hydrogens (primary N) is 1. The molecule has 1 aliphatic rings.